The van der Waals surface area contributed by atoms with E-state index in [2.05, 4.69) is 0 Å². The third-order valence-corrected chi connectivity index (χ3v) is 4.17. The number of piperidine rings is 1. The molecule has 1 aliphatic heterocycles. The fraction of sp³-hybridized carbons (Fsp3) is 0.556. The first-order chi connectivity index (χ1) is 10.7. The molecule has 1 amide bonds. The normalized spacial score (nSPS) is 21.8. The molecular formula is C18H25NO4. The molecule has 5 nitrogen and oxygen atoms in total. The van der Waals surface area contributed by atoms with Gasteiger partial charge in [0.2, 0.25) is 0 Å². The number of hydrogen-bond donors (Lipinski definition) is 1. The van der Waals surface area contributed by atoms with Crippen molar-refractivity contribution < 1.29 is 19.4 Å². The van der Waals surface area contributed by atoms with Crippen molar-refractivity contribution >= 4 is 12.1 Å². The molecule has 0 unspecified atom stereocenters. The summed E-state index contributed by atoms with van der Waals surface area (Å²) in [6.07, 6.45) is 0.188. The Bertz CT molecular complexity index is 591. The van der Waals surface area contributed by atoms with E-state index in [-0.39, 0.29) is 12.5 Å². The van der Waals surface area contributed by atoms with Crippen LogP contribution in [0.15, 0.2) is 24.3 Å². The summed E-state index contributed by atoms with van der Waals surface area (Å²) in [4.78, 5) is 25.4. The molecule has 2 rings (SSSR count). The van der Waals surface area contributed by atoms with Crippen molar-refractivity contribution in [2.75, 3.05) is 13.1 Å². The Morgan fingerprint density at radius 2 is 1.91 bits per heavy atom. The summed E-state index contributed by atoms with van der Waals surface area (Å²) in [5.74, 6) is -1.56. The largest absolute Gasteiger partial charge is 0.481 e. The molecular weight excluding hydrogens is 294 g/mol. The molecule has 1 heterocycles. The van der Waals surface area contributed by atoms with Gasteiger partial charge in [0.25, 0.3) is 0 Å². The molecule has 1 N–H and O–H groups in total. The van der Waals surface area contributed by atoms with Crippen LogP contribution >= 0.6 is 0 Å². The SMILES string of the molecule is Cc1ccccc1[C@@H]1CCN(C(=O)OC(C)(C)C)C[C@@H]1C(=O)O. The molecule has 0 radical (unpaired) electrons. The maximum atomic E-state index is 12.2. The zero-order valence-corrected chi connectivity index (χ0v) is 14.2. The summed E-state index contributed by atoms with van der Waals surface area (Å²) in [7, 11) is 0. The quantitative estimate of drug-likeness (QED) is 0.907. The number of carboxylic acid groups (broad SMARTS) is 1. The number of nitrogens with zero attached hydrogens (tertiary/aromatic N) is 1. The maximum absolute atomic E-state index is 12.2. The number of aliphatic carboxylic acids is 1. The van der Waals surface area contributed by atoms with Crippen LogP contribution in [0.1, 0.15) is 44.2 Å². The van der Waals surface area contributed by atoms with Gasteiger partial charge in [-0.1, -0.05) is 24.3 Å². The fourth-order valence-corrected chi connectivity index (χ4v) is 3.07. The van der Waals surface area contributed by atoms with Crippen LogP contribution in [-0.4, -0.2) is 40.8 Å². The topological polar surface area (TPSA) is 66.8 Å². The van der Waals surface area contributed by atoms with Crippen LogP contribution in [0.5, 0.6) is 0 Å². The van der Waals surface area contributed by atoms with Gasteiger partial charge < -0.3 is 14.7 Å². The number of hydrogen-bond acceptors (Lipinski definition) is 3. The third-order valence-electron chi connectivity index (χ3n) is 4.17. The van der Waals surface area contributed by atoms with E-state index >= 15 is 0 Å². The lowest BCUT2D eigenvalue weighted by atomic mass is 9.79. The highest BCUT2D eigenvalue weighted by molar-refractivity contribution is 5.74. The second kappa shape index (κ2) is 6.60. The van der Waals surface area contributed by atoms with Gasteiger partial charge in [-0.25, -0.2) is 4.79 Å². The van der Waals surface area contributed by atoms with Gasteiger partial charge in [-0.2, -0.15) is 0 Å². The molecule has 0 aromatic heterocycles. The molecule has 1 fully saturated rings. The Morgan fingerprint density at radius 3 is 2.48 bits per heavy atom. The number of carboxylic acids is 1. The van der Waals surface area contributed by atoms with Crippen LogP contribution in [0.4, 0.5) is 4.79 Å². The van der Waals surface area contributed by atoms with E-state index in [4.69, 9.17) is 4.74 Å². The zero-order valence-electron chi connectivity index (χ0n) is 14.2. The van der Waals surface area contributed by atoms with E-state index in [1.54, 1.807) is 20.8 Å². The number of ether oxygens (including phenoxy) is 1. The molecule has 1 aromatic carbocycles. The highest BCUT2D eigenvalue weighted by Crippen LogP contribution is 2.35. The molecule has 1 saturated heterocycles. The molecule has 0 bridgehead atoms. The third kappa shape index (κ3) is 4.24. The van der Waals surface area contributed by atoms with Crippen molar-refractivity contribution in [1.29, 1.82) is 0 Å². The number of likely N-dealkylation sites (tertiary alicyclic amines) is 1. The van der Waals surface area contributed by atoms with Crippen molar-refractivity contribution in [2.24, 2.45) is 5.92 Å². The first kappa shape index (κ1) is 17.3. The summed E-state index contributed by atoms with van der Waals surface area (Å²) in [6, 6.07) is 7.86. The van der Waals surface area contributed by atoms with Crippen molar-refractivity contribution in [3.63, 3.8) is 0 Å². The lowest BCUT2D eigenvalue weighted by Gasteiger charge is -2.37. The highest BCUT2D eigenvalue weighted by Gasteiger charge is 2.38. The molecule has 0 aliphatic carbocycles. The average Bonchev–Trinajstić information content (AvgIpc) is 2.45. The van der Waals surface area contributed by atoms with Crippen LogP contribution in [-0.2, 0) is 9.53 Å². The number of carbonyl (C=O) groups is 2. The molecule has 23 heavy (non-hydrogen) atoms. The van der Waals surface area contributed by atoms with Gasteiger partial charge in [-0.05, 0) is 45.2 Å². The number of aryl methyl sites for hydroxylation is 1. The van der Waals surface area contributed by atoms with Gasteiger partial charge >= 0.3 is 12.1 Å². The molecule has 0 spiro atoms. The van der Waals surface area contributed by atoms with Crippen LogP contribution in [0.2, 0.25) is 0 Å². The molecule has 5 heteroatoms. The van der Waals surface area contributed by atoms with Crippen molar-refractivity contribution in [3.8, 4) is 0 Å². The minimum atomic E-state index is -0.869. The summed E-state index contributed by atoms with van der Waals surface area (Å²) >= 11 is 0. The number of amides is 1. The van der Waals surface area contributed by atoms with Crippen LogP contribution in [0.3, 0.4) is 0 Å². The molecule has 1 aromatic rings. The number of benzene rings is 1. The zero-order chi connectivity index (χ0) is 17.2. The Balaban J connectivity index is 2.17. The smallest absolute Gasteiger partial charge is 0.410 e. The van der Waals surface area contributed by atoms with E-state index in [1.165, 1.54) is 4.90 Å². The van der Waals surface area contributed by atoms with E-state index < -0.39 is 23.6 Å². The van der Waals surface area contributed by atoms with Crippen molar-refractivity contribution in [2.45, 2.75) is 45.6 Å². The summed E-state index contributed by atoms with van der Waals surface area (Å²) in [5, 5.41) is 9.61. The monoisotopic (exact) mass is 319 g/mol. The first-order valence-corrected chi connectivity index (χ1v) is 7.95. The predicted octanol–water partition coefficient (Wildman–Crippen LogP) is 3.42. The minimum Gasteiger partial charge on any atom is -0.481 e. The highest BCUT2D eigenvalue weighted by atomic mass is 16.6. The minimum absolute atomic E-state index is 0.0765. The molecule has 1 aliphatic rings. The number of rotatable bonds is 2. The second-order valence-electron chi connectivity index (χ2n) is 7.12. The van der Waals surface area contributed by atoms with Gasteiger partial charge in [0.05, 0.1) is 5.92 Å². The van der Waals surface area contributed by atoms with E-state index in [1.807, 2.05) is 31.2 Å². The van der Waals surface area contributed by atoms with E-state index in [0.29, 0.717) is 13.0 Å². The predicted molar refractivity (Wildman–Crippen MR) is 87.5 cm³/mol. The summed E-state index contributed by atoms with van der Waals surface area (Å²) < 4.78 is 5.36. The summed E-state index contributed by atoms with van der Waals surface area (Å²) in [6.45, 7) is 8.11. The second-order valence-corrected chi connectivity index (χ2v) is 7.12. The fourth-order valence-electron chi connectivity index (χ4n) is 3.07. The maximum Gasteiger partial charge on any atom is 0.410 e. The van der Waals surface area contributed by atoms with Gasteiger partial charge in [0.15, 0.2) is 0 Å². The van der Waals surface area contributed by atoms with Crippen LogP contribution in [0, 0.1) is 12.8 Å². The molecule has 0 saturated carbocycles. The van der Waals surface area contributed by atoms with Crippen LogP contribution in [0.25, 0.3) is 0 Å². The molecule has 2 atom stereocenters. The Labute approximate surface area is 137 Å². The summed E-state index contributed by atoms with van der Waals surface area (Å²) in [5.41, 5.74) is 1.57. The van der Waals surface area contributed by atoms with Gasteiger partial charge in [-0.3, -0.25) is 4.79 Å². The van der Waals surface area contributed by atoms with Crippen LogP contribution < -0.4 is 0 Å². The van der Waals surface area contributed by atoms with Gasteiger partial charge in [0.1, 0.15) is 5.60 Å². The van der Waals surface area contributed by atoms with Crippen molar-refractivity contribution in [3.05, 3.63) is 35.4 Å². The first-order valence-electron chi connectivity index (χ1n) is 7.95. The van der Waals surface area contributed by atoms with E-state index in [9.17, 15) is 14.7 Å². The lowest BCUT2D eigenvalue weighted by Crippen LogP contribution is -2.47. The molecule has 126 valence electrons. The standard InChI is InChI=1S/C18H25NO4/c1-12-7-5-6-8-13(12)14-9-10-19(11-15(14)16(20)21)17(22)23-18(2,3)4/h5-8,14-15H,9-11H2,1-4H3,(H,20,21)/t14-,15-/m0/s1. The Morgan fingerprint density at radius 1 is 1.26 bits per heavy atom. The lowest BCUT2D eigenvalue weighted by molar-refractivity contribution is -0.144. The number of carbonyl (C=O) groups excluding carboxylic acids is 1. The van der Waals surface area contributed by atoms with Gasteiger partial charge in [-0.15, -0.1) is 0 Å². The Kier molecular flexibility index (Phi) is 4.97. The van der Waals surface area contributed by atoms with Crippen molar-refractivity contribution in [1.82, 2.24) is 4.90 Å². The van der Waals surface area contributed by atoms with Gasteiger partial charge in [0, 0.05) is 19.0 Å². The average molecular weight is 319 g/mol. The Hall–Kier alpha value is -2.04. The van der Waals surface area contributed by atoms with E-state index in [0.717, 1.165) is 11.1 Å².